The SMILES string of the molecule is [2H]c1c([2H])c([2H])c(-c2cc(C(C)(C)C)cc(-c3cc(C(C)(C)C)cc(C(C)(C)C)c3)c2N2CN(c3cccc(Oc4ccc5c6cc(-c7ccccc7)ccc6n(-c6cc(C(C)(C)C)ccn6)c5c4)c3)c3ccccc32)c([2H])c1[2H]. The lowest BCUT2D eigenvalue weighted by Crippen LogP contribution is -2.25. The Labute approximate surface area is 452 Å². The van der Waals surface area contributed by atoms with Crippen LogP contribution in [0, 0.1) is 0 Å². The Hall–Kier alpha value is -7.89. The standard InChI is InChI=1S/C70H70N4O/c1-67(2,3)50-34-35-71-65(42-50)74-61-33-30-48(46-22-15-13-16-23-46)38-60(61)57-32-31-56(44-64(57)74)75-55-27-21-26-54(43-55)72-45-73(63-29-20-19-28-62(63)72)66-58(47-24-17-14-18-25-47)40-53(70(10,11)12)41-59(66)49-36-51(68(4,5)6)39-52(37-49)69(7,8)9/h13-44H,45H2,1-12H3/i14D,17D,18D,24D,25D. The van der Waals surface area contributed by atoms with E-state index in [9.17, 15) is 2.74 Å². The Morgan fingerprint density at radius 2 is 1.05 bits per heavy atom. The van der Waals surface area contributed by atoms with E-state index >= 15 is 0 Å². The van der Waals surface area contributed by atoms with E-state index in [1.54, 1.807) is 0 Å². The maximum Gasteiger partial charge on any atom is 0.137 e. The molecule has 0 saturated carbocycles. The van der Waals surface area contributed by atoms with E-state index in [4.69, 9.17) is 13.8 Å². The van der Waals surface area contributed by atoms with Crippen LogP contribution in [0.25, 0.3) is 61.0 Å². The van der Waals surface area contributed by atoms with Crippen LogP contribution in [0.1, 0.15) is 112 Å². The Kier molecular flexibility index (Phi) is 10.7. The van der Waals surface area contributed by atoms with Gasteiger partial charge in [0.15, 0.2) is 0 Å². The summed E-state index contributed by atoms with van der Waals surface area (Å²) in [5, 5.41) is 2.21. The van der Waals surface area contributed by atoms with Crippen molar-refractivity contribution in [2.24, 2.45) is 0 Å². The van der Waals surface area contributed by atoms with Crippen LogP contribution < -0.4 is 14.5 Å². The summed E-state index contributed by atoms with van der Waals surface area (Å²) in [7, 11) is 0. The zero-order valence-corrected chi connectivity index (χ0v) is 45.5. The summed E-state index contributed by atoms with van der Waals surface area (Å²) in [4.78, 5) is 9.50. The Morgan fingerprint density at radius 1 is 0.440 bits per heavy atom. The maximum atomic E-state index is 9.49. The summed E-state index contributed by atoms with van der Waals surface area (Å²) in [6.07, 6.45) is 1.90. The molecule has 75 heavy (non-hydrogen) atoms. The minimum atomic E-state index is -0.424. The molecule has 11 rings (SSSR count). The minimum absolute atomic E-state index is 0.0802. The van der Waals surface area contributed by atoms with Gasteiger partial charge in [-0.2, -0.15) is 0 Å². The van der Waals surface area contributed by atoms with Crippen molar-refractivity contribution in [1.29, 1.82) is 0 Å². The molecule has 3 heterocycles. The molecule has 2 aromatic heterocycles. The average molecular weight is 988 g/mol. The summed E-state index contributed by atoms with van der Waals surface area (Å²) in [5.74, 6) is 2.17. The Balaban J connectivity index is 1.06. The van der Waals surface area contributed by atoms with Crippen molar-refractivity contribution in [2.75, 3.05) is 16.5 Å². The van der Waals surface area contributed by atoms with E-state index in [1.807, 2.05) is 42.6 Å². The van der Waals surface area contributed by atoms with Gasteiger partial charge in [0.05, 0.1) is 34.9 Å². The summed E-state index contributed by atoms with van der Waals surface area (Å²) < 4.78 is 54.7. The fourth-order valence-electron chi connectivity index (χ4n) is 10.4. The van der Waals surface area contributed by atoms with Crippen LogP contribution in [-0.4, -0.2) is 16.2 Å². The third-order valence-electron chi connectivity index (χ3n) is 14.8. The van der Waals surface area contributed by atoms with Crippen LogP contribution in [0.3, 0.4) is 0 Å². The van der Waals surface area contributed by atoms with Gasteiger partial charge < -0.3 is 14.5 Å². The molecule has 0 amide bonds. The molecule has 0 bridgehead atoms. The van der Waals surface area contributed by atoms with E-state index in [1.165, 1.54) is 16.7 Å². The van der Waals surface area contributed by atoms with E-state index in [0.29, 0.717) is 23.7 Å². The zero-order valence-electron chi connectivity index (χ0n) is 50.5. The van der Waals surface area contributed by atoms with Crippen LogP contribution >= 0.6 is 0 Å². The summed E-state index contributed by atoms with van der Waals surface area (Å²) in [5.41, 5.74) is 14.2. The fraction of sp³-hybridized carbons (Fsp3) is 0.243. The van der Waals surface area contributed by atoms with Gasteiger partial charge in [-0.05, 0) is 139 Å². The second-order valence-electron chi connectivity index (χ2n) is 24.3. The number of fused-ring (bicyclic) bond motifs is 4. The number of ether oxygens (including phenoxy) is 1. The van der Waals surface area contributed by atoms with Gasteiger partial charge >= 0.3 is 0 Å². The number of anilines is 4. The first kappa shape index (κ1) is 43.5. The molecular formula is C70H70N4O. The fourth-order valence-corrected chi connectivity index (χ4v) is 10.4. The summed E-state index contributed by atoms with van der Waals surface area (Å²) in [6.45, 7) is 26.9. The van der Waals surface area contributed by atoms with Gasteiger partial charge in [0.2, 0.25) is 0 Å². The van der Waals surface area contributed by atoms with E-state index in [0.717, 1.165) is 78.2 Å². The normalized spacial score (nSPS) is 14.2. The highest BCUT2D eigenvalue weighted by Crippen LogP contribution is 2.52. The van der Waals surface area contributed by atoms with Gasteiger partial charge in [-0.25, -0.2) is 4.98 Å². The third kappa shape index (κ3) is 9.50. The van der Waals surface area contributed by atoms with Crippen LogP contribution in [0.15, 0.2) is 194 Å². The topological polar surface area (TPSA) is 33.5 Å². The number of hydrogen-bond acceptors (Lipinski definition) is 4. The van der Waals surface area contributed by atoms with E-state index < -0.39 is 6.04 Å². The van der Waals surface area contributed by atoms with Crippen molar-refractivity contribution in [3.05, 3.63) is 216 Å². The lowest BCUT2D eigenvalue weighted by atomic mass is 9.77. The largest absolute Gasteiger partial charge is 0.457 e. The number of nitrogens with zero attached hydrogens (tertiary/aromatic N) is 4. The minimum Gasteiger partial charge on any atom is -0.457 e. The predicted octanol–water partition coefficient (Wildman–Crippen LogP) is 19.4. The van der Waals surface area contributed by atoms with Crippen molar-refractivity contribution in [2.45, 2.75) is 105 Å². The molecule has 8 aromatic carbocycles. The first-order chi connectivity index (χ1) is 37.8. The van der Waals surface area contributed by atoms with Gasteiger partial charge in [0, 0.05) is 45.9 Å². The van der Waals surface area contributed by atoms with Crippen molar-refractivity contribution in [3.8, 4) is 50.7 Å². The molecule has 5 heteroatoms. The highest BCUT2D eigenvalue weighted by atomic mass is 16.5. The van der Waals surface area contributed by atoms with Crippen molar-refractivity contribution in [1.82, 2.24) is 9.55 Å². The molecule has 1 aliphatic heterocycles. The molecule has 0 spiro atoms. The first-order valence-corrected chi connectivity index (χ1v) is 26.2. The third-order valence-corrected chi connectivity index (χ3v) is 14.8. The molecule has 0 radical (unpaired) electrons. The van der Waals surface area contributed by atoms with Crippen molar-refractivity contribution in [3.63, 3.8) is 0 Å². The molecule has 0 atom stereocenters. The van der Waals surface area contributed by atoms with Crippen LogP contribution in [0.2, 0.25) is 0 Å². The number of aromatic nitrogens is 2. The zero-order chi connectivity index (χ0) is 57.0. The molecule has 0 fully saturated rings. The second kappa shape index (κ2) is 18.5. The van der Waals surface area contributed by atoms with Crippen molar-refractivity contribution < 1.29 is 11.6 Å². The number of benzene rings is 8. The average Bonchev–Trinajstić information content (AvgIpc) is 4.06. The number of rotatable bonds is 8. The lowest BCUT2D eigenvalue weighted by molar-refractivity contribution is 0.483. The van der Waals surface area contributed by atoms with Gasteiger partial charge in [-0.3, -0.25) is 4.57 Å². The quantitative estimate of drug-likeness (QED) is 0.152. The van der Waals surface area contributed by atoms with Gasteiger partial charge in [0.25, 0.3) is 0 Å². The second-order valence-corrected chi connectivity index (χ2v) is 24.3. The van der Waals surface area contributed by atoms with Gasteiger partial charge in [0.1, 0.15) is 24.0 Å². The number of para-hydroxylation sites is 2. The predicted molar refractivity (Wildman–Crippen MR) is 318 cm³/mol. The van der Waals surface area contributed by atoms with E-state index in [2.05, 4.69) is 219 Å². The smallest absolute Gasteiger partial charge is 0.137 e. The summed E-state index contributed by atoms with van der Waals surface area (Å²) >= 11 is 0. The van der Waals surface area contributed by atoms with Crippen LogP contribution in [-0.2, 0) is 21.7 Å². The van der Waals surface area contributed by atoms with Crippen molar-refractivity contribution >= 4 is 44.6 Å². The highest BCUT2D eigenvalue weighted by Gasteiger charge is 2.34. The number of hydrogen-bond donors (Lipinski definition) is 0. The number of pyridine rings is 1. The Bertz CT molecular complexity index is 4020. The molecule has 0 N–H and O–H groups in total. The van der Waals surface area contributed by atoms with Gasteiger partial charge in [-0.1, -0.05) is 186 Å². The first-order valence-electron chi connectivity index (χ1n) is 28.7. The van der Waals surface area contributed by atoms with Crippen LogP contribution in [0.4, 0.5) is 22.7 Å². The molecule has 10 aromatic rings. The Morgan fingerprint density at radius 3 is 1.72 bits per heavy atom. The monoisotopic (exact) mass is 988 g/mol. The molecular weight excluding hydrogens is 913 g/mol. The summed E-state index contributed by atoms with van der Waals surface area (Å²) in [6, 6.07) is 53.8. The molecule has 376 valence electrons. The molecule has 1 aliphatic rings. The van der Waals surface area contributed by atoms with Crippen LogP contribution in [0.5, 0.6) is 11.5 Å². The molecule has 5 nitrogen and oxygen atoms in total. The van der Waals surface area contributed by atoms with E-state index in [-0.39, 0.29) is 51.4 Å². The molecule has 0 aliphatic carbocycles. The van der Waals surface area contributed by atoms with Gasteiger partial charge in [-0.15, -0.1) is 0 Å². The highest BCUT2D eigenvalue weighted by molar-refractivity contribution is 6.11. The molecule has 0 unspecified atom stereocenters. The maximum absolute atomic E-state index is 9.49. The lowest BCUT2D eigenvalue weighted by Gasteiger charge is -2.31. The molecule has 0 saturated heterocycles.